The molecule has 1 aromatic heterocycles. The average Bonchev–Trinajstić information content (AvgIpc) is 2.13. The second-order valence-electron chi connectivity index (χ2n) is 1.91. The Balaban J connectivity index is 3.10. The Kier molecular flexibility index (Phi) is 1.41. The lowest BCUT2D eigenvalue weighted by molar-refractivity contribution is -0.385. The number of hydrogen-bond donors (Lipinski definition) is 0. The number of nitro groups is 1. The van der Waals surface area contributed by atoms with Gasteiger partial charge in [-0.25, -0.2) is 0 Å². The van der Waals surface area contributed by atoms with Gasteiger partial charge in [-0.05, 0) is 6.92 Å². The zero-order valence-electron chi connectivity index (χ0n) is 5.24. The fraction of sp³-hybridized carbons (Fsp3) is 0.200. The lowest BCUT2D eigenvalue weighted by atomic mass is 10.4. The van der Waals surface area contributed by atoms with Crippen molar-refractivity contribution in [1.82, 2.24) is 4.79 Å². The van der Waals surface area contributed by atoms with Gasteiger partial charge in [-0.3, -0.25) is 10.1 Å². The van der Waals surface area contributed by atoms with Crippen molar-refractivity contribution in [2.45, 2.75) is 6.92 Å². The van der Waals surface area contributed by atoms with E-state index in [0.29, 0.717) is 0 Å². The molecule has 0 unspecified atom stereocenters. The predicted octanol–water partition coefficient (Wildman–Crippen LogP) is 1.44. The van der Waals surface area contributed by atoms with Crippen LogP contribution in [0.25, 0.3) is 0 Å². The zero-order chi connectivity index (χ0) is 7.72. The maximum atomic E-state index is 12.3. The van der Waals surface area contributed by atoms with Crippen molar-refractivity contribution in [1.29, 1.82) is 0 Å². The second-order valence-corrected chi connectivity index (χ2v) is 1.91. The average molecular weight is 144 g/mol. The van der Waals surface area contributed by atoms with Crippen molar-refractivity contribution in [3.63, 3.8) is 0 Å². The van der Waals surface area contributed by atoms with Crippen LogP contribution < -0.4 is 0 Å². The van der Waals surface area contributed by atoms with E-state index in [1.165, 1.54) is 13.0 Å². The van der Waals surface area contributed by atoms with Gasteiger partial charge in [0.05, 0.1) is 10.6 Å². The highest BCUT2D eigenvalue weighted by molar-refractivity contribution is 5.29. The Hall–Kier alpha value is -1.39. The molecule has 1 aromatic rings. The SMILES string of the molecule is Cc1cc([N+](=O)[O-])cn1F. The molecule has 0 bridgehead atoms. The summed E-state index contributed by atoms with van der Waals surface area (Å²) in [5, 5.41) is 9.99. The van der Waals surface area contributed by atoms with E-state index in [0.717, 1.165) is 6.20 Å². The van der Waals surface area contributed by atoms with Crippen LogP contribution in [-0.2, 0) is 0 Å². The first kappa shape index (κ1) is 6.73. The summed E-state index contributed by atoms with van der Waals surface area (Å²) >= 11 is 0. The van der Waals surface area contributed by atoms with Gasteiger partial charge < -0.3 is 0 Å². The molecule has 10 heavy (non-hydrogen) atoms. The first-order valence-corrected chi connectivity index (χ1v) is 2.61. The van der Waals surface area contributed by atoms with E-state index in [2.05, 4.69) is 0 Å². The van der Waals surface area contributed by atoms with Crippen LogP contribution in [-0.4, -0.2) is 9.71 Å². The molecule has 0 radical (unpaired) electrons. The van der Waals surface area contributed by atoms with E-state index in [-0.39, 0.29) is 16.2 Å². The Morgan fingerprint density at radius 2 is 2.40 bits per heavy atom. The second kappa shape index (κ2) is 2.09. The van der Waals surface area contributed by atoms with Crippen molar-refractivity contribution >= 4 is 5.69 Å². The van der Waals surface area contributed by atoms with Gasteiger partial charge >= 0.3 is 0 Å². The smallest absolute Gasteiger partial charge is 0.258 e. The Bertz CT molecular complexity index is 249. The summed E-state index contributed by atoms with van der Waals surface area (Å²) in [4.78, 5) is 9.58. The molecule has 0 N–H and O–H groups in total. The van der Waals surface area contributed by atoms with Gasteiger partial charge in [0, 0.05) is 6.07 Å². The van der Waals surface area contributed by atoms with Crippen LogP contribution in [0.4, 0.5) is 10.2 Å². The van der Waals surface area contributed by atoms with Gasteiger partial charge in [0.15, 0.2) is 0 Å². The third-order valence-corrected chi connectivity index (χ3v) is 1.15. The minimum atomic E-state index is -0.636. The van der Waals surface area contributed by atoms with Crippen LogP contribution in [0.3, 0.4) is 0 Å². The van der Waals surface area contributed by atoms with Gasteiger partial charge in [-0.2, -0.15) is 4.79 Å². The highest BCUT2D eigenvalue weighted by atomic mass is 19.2. The summed E-state index contributed by atoms with van der Waals surface area (Å²) in [6.45, 7) is 1.45. The maximum Gasteiger partial charge on any atom is 0.290 e. The van der Waals surface area contributed by atoms with E-state index in [1.54, 1.807) is 0 Å². The van der Waals surface area contributed by atoms with Crippen LogP contribution in [0.2, 0.25) is 0 Å². The molecule has 0 aliphatic carbocycles. The molecule has 0 aromatic carbocycles. The lowest BCUT2D eigenvalue weighted by Gasteiger charge is -1.82. The van der Waals surface area contributed by atoms with Crippen LogP contribution in [0, 0.1) is 17.0 Å². The highest BCUT2D eigenvalue weighted by Gasteiger charge is 2.09. The normalized spacial score (nSPS) is 9.80. The Morgan fingerprint density at radius 3 is 2.60 bits per heavy atom. The molecule has 0 amide bonds. The standard InChI is InChI=1S/C5H5FN2O2/c1-4-2-5(8(9)10)3-7(4)6/h2-3H,1H3. The number of aryl methyl sites for hydroxylation is 1. The van der Waals surface area contributed by atoms with Crippen molar-refractivity contribution in [2.24, 2.45) is 0 Å². The molecule has 1 heterocycles. The number of rotatable bonds is 1. The van der Waals surface area contributed by atoms with Gasteiger partial charge in [0.1, 0.15) is 6.20 Å². The minimum Gasteiger partial charge on any atom is -0.258 e. The third-order valence-electron chi connectivity index (χ3n) is 1.15. The van der Waals surface area contributed by atoms with Crippen LogP contribution in [0.1, 0.15) is 5.69 Å². The summed E-state index contributed by atoms with van der Waals surface area (Å²) in [7, 11) is 0. The minimum absolute atomic E-state index is 0.220. The van der Waals surface area contributed by atoms with Crippen LogP contribution in [0.15, 0.2) is 12.3 Å². The monoisotopic (exact) mass is 144 g/mol. The summed E-state index contributed by atoms with van der Waals surface area (Å²) < 4.78 is 12.3. The molecular formula is C5H5FN2O2. The van der Waals surface area contributed by atoms with Gasteiger partial charge in [-0.1, -0.05) is 4.48 Å². The molecular weight excluding hydrogens is 139 g/mol. The topological polar surface area (TPSA) is 48.1 Å². The first-order chi connectivity index (χ1) is 4.61. The molecule has 0 saturated carbocycles. The largest absolute Gasteiger partial charge is 0.290 e. The molecule has 54 valence electrons. The third kappa shape index (κ3) is 0.975. The van der Waals surface area contributed by atoms with E-state index >= 15 is 0 Å². The highest BCUT2D eigenvalue weighted by Crippen LogP contribution is 2.14. The number of nitrogens with zero attached hydrogens (tertiary/aromatic N) is 2. The Morgan fingerprint density at radius 1 is 1.80 bits per heavy atom. The first-order valence-electron chi connectivity index (χ1n) is 2.61. The molecule has 5 heteroatoms. The summed E-state index contributed by atoms with van der Waals surface area (Å²) in [5.74, 6) is 0. The lowest BCUT2D eigenvalue weighted by Crippen LogP contribution is -1.83. The molecule has 0 fully saturated rings. The number of hydrogen-bond acceptors (Lipinski definition) is 2. The van der Waals surface area contributed by atoms with Crippen molar-refractivity contribution in [3.8, 4) is 0 Å². The fourth-order valence-electron chi connectivity index (χ4n) is 0.631. The van der Waals surface area contributed by atoms with E-state index < -0.39 is 4.92 Å². The molecule has 0 spiro atoms. The molecule has 4 nitrogen and oxygen atoms in total. The quantitative estimate of drug-likeness (QED) is 0.442. The molecule has 0 aliphatic rings. The molecule has 1 rings (SSSR count). The van der Waals surface area contributed by atoms with Crippen molar-refractivity contribution in [3.05, 3.63) is 28.1 Å². The predicted molar refractivity (Wildman–Crippen MR) is 32.3 cm³/mol. The van der Waals surface area contributed by atoms with Crippen molar-refractivity contribution in [2.75, 3.05) is 0 Å². The summed E-state index contributed by atoms with van der Waals surface area (Å²) in [6, 6.07) is 1.17. The summed E-state index contributed by atoms with van der Waals surface area (Å²) in [6.07, 6.45) is 0.829. The zero-order valence-corrected chi connectivity index (χ0v) is 5.24. The van der Waals surface area contributed by atoms with Crippen LogP contribution in [0.5, 0.6) is 0 Å². The van der Waals surface area contributed by atoms with Crippen LogP contribution >= 0.6 is 0 Å². The van der Waals surface area contributed by atoms with Gasteiger partial charge in [-0.15, -0.1) is 0 Å². The molecule has 0 saturated heterocycles. The number of halogens is 1. The maximum absolute atomic E-state index is 12.3. The van der Waals surface area contributed by atoms with Gasteiger partial charge in [0.25, 0.3) is 5.69 Å². The van der Waals surface area contributed by atoms with Crippen molar-refractivity contribution < 1.29 is 9.40 Å². The Labute approximate surface area is 56.0 Å². The van der Waals surface area contributed by atoms with Gasteiger partial charge in [0.2, 0.25) is 0 Å². The van der Waals surface area contributed by atoms with E-state index in [1.807, 2.05) is 0 Å². The molecule has 0 aliphatic heterocycles. The number of aromatic nitrogens is 1. The fourth-order valence-corrected chi connectivity index (χ4v) is 0.631. The molecule has 0 atom stereocenters. The van der Waals surface area contributed by atoms with E-state index in [9.17, 15) is 14.6 Å². The summed E-state index contributed by atoms with van der Waals surface area (Å²) in [5.41, 5.74) is 0.00620. The van der Waals surface area contributed by atoms with E-state index in [4.69, 9.17) is 0 Å².